The number of benzene rings is 1. The van der Waals surface area contributed by atoms with Gasteiger partial charge < -0.3 is 15.7 Å². The van der Waals surface area contributed by atoms with Crippen molar-refractivity contribution in [3.63, 3.8) is 0 Å². The number of carbonyl (C=O) groups excluding carboxylic acids is 2. The summed E-state index contributed by atoms with van der Waals surface area (Å²) in [6, 6.07) is 5.21. The first-order valence-electron chi connectivity index (χ1n) is 6.75. The normalized spacial score (nSPS) is 13.6. The SMILES string of the molecule is CC(C)C(C)(O)CNC(=O)CNC(=O)c1cccc(F)c1. The Labute approximate surface area is 123 Å². The number of aliphatic hydroxyl groups is 1. The fourth-order valence-corrected chi connectivity index (χ4v) is 1.44. The third kappa shape index (κ3) is 5.51. The molecule has 6 heteroatoms. The van der Waals surface area contributed by atoms with Crippen molar-refractivity contribution in [3.8, 4) is 0 Å². The molecule has 0 aliphatic rings. The first-order chi connectivity index (χ1) is 9.72. The minimum absolute atomic E-state index is 0.0142. The van der Waals surface area contributed by atoms with Gasteiger partial charge in [-0.2, -0.15) is 0 Å². The number of rotatable bonds is 6. The van der Waals surface area contributed by atoms with Crippen LogP contribution < -0.4 is 10.6 Å². The molecule has 0 fully saturated rings. The molecule has 0 heterocycles. The molecule has 3 N–H and O–H groups in total. The summed E-state index contributed by atoms with van der Waals surface area (Å²) in [6.07, 6.45) is 0. The topological polar surface area (TPSA) is 78.4 Å². The summed E-state index contributed by atoms with van der Waals surface area (Å²) in [6.45, 7) is 5.18. The van der Waals surface area contributed by atoms with Crippen molar-refractivity contribution in [3.05, 3.63) is 35.6 Å². The molecule has 116 valence electrons. The van der Waals surface area contributed by atoms with Crippen LogP contribution in [0.4, 0.5) is 4.39 Å². The average molecular weight is 296 g/mol. The van der Waals surface area contributed by atoms with Crippen LogP contribution in [0.2, 0.25) is 0 Å². The predicted molar refractivity (Wildman–Crippen MR) is 77.2 cm³/mol. The molecule has 1 aromatic rings. The zero-order valence-electron chi connectivity index (χ0n) is 12.4. The Hall–Kier alpha value is -1.95. The summed E-state index contributed by atoms with van der Waals surface area (Å²) < 4.78 is 13.0. The number of halogens is 1. The molecule has 0 spiro atoms. The largest absolute Gasteiger partial charge is 0.388 e. The van der Waals surface area contributed by atoms with E-state index in [1.807, 2.05) is 13.8 Å². The Morgan fingerprint density at radius 2 is 2.00 bits per heavy atom. The second-order valence-electron chi connectivity index (χ2n) is 5.48. The fourth-order valence-electron chi connectivity index (χ4n) is 1.44. The zero-order valence-corrected chi connectivity index (χ0v) is 12.4. The van der Waals surface area contributed by atoms with Crippen molar-refractivity contribution >= 4 is 11.8 Å². The minimum Gasteiger partial charge on any atom is -0.388 e. The maximum absolute atomic E-state index is 13.0. The van der Waals surface area contributed by atoms with Crippen LogP contribution in [0, 0.1) is 11.7 Å². The summed E-state index contributed by atoms with van der Waals surface area (Å²) in [5.74, 6) is -1.47. The number of amides is 2. The predicted octanol–water partition coefficient (Wildman–Crippen LogP) is 1.08. The van der Waals surface area contributed by atoms with Crippen molar-refractivity contribution in [2.45, 2.75) is 26.4 Å². The van der Waals surface area contributed by atoms with E-state index in [1.54, 1.807) is 6.92 Å². The highest BCUT2D eigenvalue weighted by atomic mass is 19.1. The van der Waals surface area contributed by atoms with Crippen LogP contribution in [0.15, 0.2) is 24.3 Å². The molecule has 5 nitrogen and oxygen atoms in total. The third-order valence-electron chi connectivity index (χ3n) is 3.38. The van der Waals surface area contributed by atoms with Crippen LogP contribution in [-0.2, 0) is 4.79 Å². The van der Waals surface area contributed by atoms with Crippen molar-refractivity contribution in [2.75, 3.05) is 13.1 Å². The lowest BCUT2D eigenvalue weighted by atomic mass is 9.92. The van der Waals surface area contributed by atoms with Crippen LogP contribution in [0.3, 0.4) is 0 Å². The van der Waals surface area contributed by atoms with E-state index in [0.717, 1.165) is 6.07 Å². The van der Waals surface area contributed by atoms with Crippen molar-refractivity contribution < 1.29 is 19.1 Å². The van der Waals surface area contributed by atoms with Crippen molar-refractivity contribution in [1.29, 1.82) is 0 Å². The highest BCUT2D eigenvalue weighted by molar-refractivity contribution is 5.96. The van der Waals surface area contributed by atoms with Gasteiger partial charge in [-0.1, -0.05) is 19.9 Å². The molecule has 0 bridgehead atoms. The molecule has 2 amide bonds. The van der Waals surface area contributed by atoms with E-state index in [4.69, 9.17) is 0 Å². The maximum Gasteiger partial charge on any atom is 0.251 e. The molecule has 1 aromatic carbocycles. The Morgan fingerprint density at radius 3 is 2.57 bits per heavy atom. The standard InChI is InChI=1S/C15H21FN2O3/c1-10(2)15(3,21)9-18-13(19)8-17-14(20)11-5-4-6-12(16)7-11/h4-7,10,21H,8-9H2,1-3H3,(H,17,20)(H,18,19). The van der Waals surface area contributed by atoms with Gasteiger partial charge in [-0.15, -0.1) is 0 Å². The molecule has 0 saturated carbocycles. The summed E-state index contributed by atoms with van der Waals surface area (Å²) >= 11 is 0. The van der Waals surface area contributed by atoms with Gasteiger partial charge in [0.05, 0.1) is 12.1 Å². The van der Waals surface area contributed by atoms with E-state index in [-0.39, 0.29) is 24.6 Å². The molecule has 0 saturated heterocycles. The van der Waals surface area contributed by atoms with E-state index >= 15 is 0 Å². The number of hydrogen-bond donors (Lipinski definition) is 3. The van der Waals surface area contributed by atoms with Gasteiger partial charge >= 0.3 is 0 Å². The van der Waals surface area contributed by atoms with Crippen LogP contribution in [-0.4, -0.2) is 35.6 Å². The maximum atomic E-state index is 13.0. The van der Waals surface area contributed by atoms with E-state index in [0.29, 0.717) is 0 Å². The second kappa shape index (κ2) is 7.17. The van der Waals surface area contributed by atoms with E-state index < -0.39 is 23.2 Å². The lowest BCUT2D eigenvalue weighted by Crippen LogP contribution is -2.47. The van der Waals surface area contributed by atoms with Crippen LogP contribution in [0.1, 0.15) is 31.1 Å². The lowest BCUT2D eigenvalue weighted by Gasteiger charge is -2.27. The quantitative estimate of drug-likeness (QED) is 0.735. The highest BCUT2D eigenvalue weighted by Crippen LogP contribution is 2.14. The Balaban J connectivity index is 2.41. The smallest absolute Gasteiger partial charge is 0.251 e. The Bertz CT molecular complexity index is 515. The van der Waals surface area contributed by atoms with Gasteiger partial charge in [-0.25, -0.2) is 4.39 Å². The number of hydrogen-bond acceptors (Lipinski definition) is 3. The van der Waals surface area contributed by atoms with E-state index in [1.165, 1.54) is 18.2 Å². The van der Waals surface area contributed by atoms with Crippen molar-refractivity contribution in [2.24, 2.45) is 5.92 Å². The molecule has 1 unspecified atom stereocenters. The molecule has 0 aliphatic heterocycles. The first kappa shape index (κ1) is 17.1. The monoisotopic (exact) mass is 296 g/mol. The summed E-state index contributed by atoms with van der Waals surface area (Å²) in [4.78, 5) is 23.3. The van der Waals surface area contributed by atoms with Crippen LogP contribution >= 0.6 is 0 Å². The van der Waals surface area contributed by atoms with Gasteiger partial charge in [0.1, 0.15) is 5.82 Å². The highest BCUT2D eigenvalue weighted by Gasteiger charge is 2.25. The molecule has 0 aromatic heterocycles. The van der Waals surface area contributed by atoms with Gasteiger partial charge in [0, 0.05) is 12.1 Å². The van der Waals surface area contributed by atoms with E-state index in [2.05, 4.69) is 10.6 Å². The van der Waals surface area contributed by atoms with Crippen LogP contribution in [0.25, 0.3) is 0 Å². The Kier molecular flexibility index (Phi) is 5.84. The molecule has 1 atom stereocenters. The molecule has 1 rings (SSSR count). The number of nitrogens with one attached hydrogen (secondary N) is 2. The molecular weight excluding hydrogens is 275 g/mol. The first-order valence-corrected chi connectivity index (χ1v) is 6.75. The minimum atomic E-state index is -1.01. The molecule has 0 radical (unpaired) electrons. The summed E-state index contributed by atoms with van der Waals surface area (Å²) in [5, 5.41) is 14.9. The Morgan fingerprint density at radius 1 is 1.33 bits per heavy atom. The molecule has 0 aliphatic carbocycles. The fraction of sp³-hybridized carbons (Fsp3) is 0.467. The van der Waals surface area contributed by atoms with Gasteiger partial charge in [0.25, 0.3) is 5.91 Å². The van der Waals surface area contributed by atoms with Gasteiger partial charge in [0.15, 0.2) is 0 Å². The lowest BCUT2D eigenvalue weighted by molar-refractivity contribution is -0.121. The third-order valence-corrected chi connectivity index (χ3v) is 3.38. The van der Waals surface area contributed by atoms with Gasteiger partial charge in [-0.3, -0.25) is 9.59 Å². The summed E-state index contributed by atoms with van der Waals surface area (Å²) in [7, 11) is 0. The van der Waals surface area contributed by atoms with Crippen LogP contribution in [0.5, 0.6) is 0 Å². The van der Waals surface area contributed by atoms with Gasteiger partial charge in [-0.05, 0) is 31.0 Å². The van der Waals surface area contributed by atoms with Crippen molar-refractivity contribution in [1.82, 2.24) is 10.6 Å². The number of carbonyl (C=O) groups is 2. The molecular formula is C15H21FN2O3. The second-order valence-corrected chi connectivity index (χ2v) is 5.48. The molecule has 21 heavy (non-hydrogen) atoms. The zero-order chi connectivity index (χ0) is 16.0. The average Bonchev–Trinajstić information content (AvgIpc) is 2.42. The summed E-state index contributed by atoms with van der Waals surface area (Å²) in [5.41, 5.74) is -0.862. The van der Waals surface area contributed by atoms with Gasteiger partial charge in [0.2, 0.25) is 5.91 Å². The van der Waals surface area contributed by atoms with E-state index in [9.17, 15) is 19.1 Å².